The second kappa shape index (κ2) is 5.47. The van der Waals surface area contributed by atoms with Crippen molar-refractivity contribution in [1.29, 1.82) is 0 Å². The van der Waals surface area contributed by atoms with E-state index in [4.69, 9.17) is 10.5 Å². The van der Waals surface area contributed by atoms with Crippen molar-refractivity contribution >= 4 is 0 Å². The van der Waals surface area contributed by atoms with Crippen molar-refractivity contribution in [2.45, 2.75) is 26.2 Å². The number of aryl methyl sites for hydroxylation is 1. The molecule has 1 rings (SSSR count). The van der Waals surface area contributed by atoms with Crippen LogP contribution in [0.4, 0.5) is 0 Å². The van der Waals surface area contributed by atoms with E-state index in [1.165, 1.54) is 6.07 Å². The fourth-order valence-electron chi connectivity index (χ4n) is 1.30. The summed E-state index contributed by atoms with van der Waals surface area (Å²) in [5.41, 5.74) is 0.820. The van der Waals surface area contributed by atoms with Gasteiger partial charge in [-0.2, -0.15) is 0 Å². The Morgan fingerprint density at radius 3 is 2.57 bits per heavy atom. The maximum absolute atomic E-state index is 8.64. The molecule has 0 aliphatic heterocycles. The van der Waals surface area contributed by atoms with E-state index in [9.17, 15) is 0 Å². The Bertz CT molecular complexity index is 285. The Kier molecular flexibility index (Phi) is 4.22. The summed E-state index contributed by atoms with van der Waals surface area (Å²) in [6.07, 6.45) is 2.82. The summed E-state index contributed by atoms with van der Waals surface area (Å²) in [4.78, 5) is 8.25. The third-order valence-corrected chi connectivity index (χ3v) is 2.05. The monoisotopic (exact) mass is 198 g/mol. The largest absolute Gasteiger partial charge is 0.336 e. The van der Waals surface area contributed by atoms with Crippen LogP contribution in [0.3, 0.4) is 0 Å². The molecule has 4 nitrogen and oxygen atoms in total. The van der Waals surface area contributed by atoms with Gasteiger partial charge in [-0.15, -0.1) is 0 Å². The third kappa shape index (κ3) is 2.37. The van der Waals surface area contributed by atoms with Crippen LogP contribution in [0.2, 0.25) is 0 Å². The second-order valence-electron chi connectivity index (χ2n) is 3.03. The van der Waals surface area contributed by atoms with E-state index in [0.29, 0.717) is 0 Å². The van der Waals surface area contributed by atoms with Crippen molar-refractivity contribution in [3.8, 4) is 11.5 Å². The first-order valence-corrected chi connectivity index (χ1v) is 4.58. The third-order valence-electron chi connectivity index (χ3n) is 2.05. The van der Waals surface area contributed by atoms with Gasteiger partial charge in [-0.1, -0.05) is 25.5 Å². The van der Waals surface area contributed by atoms with Crippen molar-refractivity contribution in [2.75, 3.05) is 0 Å². The lowest BCUT2D eigenvalue weighted by atomic mass is 10.1. The van der Waals surface area contributed by atoms with Crippen LogP contribution < -0.4 is 9.78 Å². The van der Waals surface area contributed by atoms with Gasteiger partial charge in [0.25, 0.3) is 0 Å². The lowest BCUT2D eigenvalue weighted by Gasteiger charge is -2.08. The minimum Gasteiger partial charge on any atom is -0.336 e. The summed E-state index contributed by atoms with van der Waals surface area (Å²) in [6, 6.07) is 5.07. The Morgan fingerprint density at radius 2 is 2.00 bits per heavy atom. The summed E-state index contributed by atoms with van der Waals surface area (Å²) in [7, 11) is 0. The summed E-state index contributed by atoms with van der Waals surface area (Å²) in [5.74, 6) is 0.310. The highest BCUT2D eigenvalue weighted by molar-refractivity contribution is 5.45. The highest BCUT2D eigenvalue weighted by Crippen LogP contribution is 2.31. The topological polar surface area (TPSA) is 58.9 Å². The molecular weight excluding hydrogens is 184 g/mol. The van der Waals surface area contributed by atoms with Gasteiger partial charge in [0.1, 0.15) is 0 Å². The number of para-hydroxylation sites is 1. The maximum Gasteiger partial charge on any atom is 0.214 e. The number of unbranched alkanes of at least 4 members (excludes halogenated alkanes) is 1. The zero-order valence-electron chi connectivity index (χ0n) is 8.06. The van der Waals surface area contributed by atoms with Crippen LogP contribution in [-0.2, 0) is 6.42 Å². The molecule has 1 aromatic rings. The molecule has 2 N–H and O–H groups in total. The van der Waals surface area contributed by atoms with Gasteiger partial charge in [0, 0.05) is 5.56 Å². The van der Waals surface area contributed by atoms with Crippen LogP contribution in [0.25, 0.3) is 0 Å². The van der Waals surface area contributed by atoms with Gasteiger partial charge in [-0.05, 0) is 18.9 Å². The van der Waals surface area contributed by atoms with Gasteiger partial charge in [0.05, 0.1) is 0 Å². The number of benzene rings is 1. The molecule has 1 aromatic carbocycles. The zero-order valence-corrected chi connectivity index (χ0v) is 8.06. The van der Waals surface area contributed by atoms with Crippen LogP contribution in [0.5, 0.6) is 11.5 Å². The first-order valence-electron chi connectivity index (χ1n) is 4.58. The Morgan fingerprint density at radius 1 is 1.21 bits per heavy atom. The van der Waals surface area contributed by atoms with Crippen molar-refractivity contribution in [3.63, 3.8) is 0 Å². The Hall–Kier alpha value is -1.26. The Balaban J connectivity index is 2.90. The van der Waals surface area contributed by atoms with Gasteiger partial charge in [-0.3, -0.25) is 0 Å². The van der Waals surface area contributed by atoms with E-state index in [2.05, 4.69) is 16.7 Å². The van der Waals surface area contributed by atoms with E-state index in [-0.39, 0.29) is 11.5 Å². The van der Waals surface area contributed by atoms with E-state index < -0.39 is 0 Å². The average molecular weight is 198 g/mol. The standard InChI is InChI=1S/C10H14O4/c1-2-3-5-8-6-4-7-9(13-11)10(8)14-12/h4,6-7,11-12H,2-3,5H2,1H3. The first kappa shape index (κ1) is 10.8. The van der Waals surface area contributed by atoms with E-state index >= 15 is 0 Å². The highest BCUT2D eigenvalue weighted by atomic mass is 17.1. The lowest BCUT2D eigenvalue weighted by Crippen LogP contribution is -1.96. The van der Waals surface area contributed by atoms with E-state index in [1.807, 2.05) is 6.07 Å². The van der Waals surface area contributed by atoms with Gasteiger partial charge in [0.15, 0.2) is 0 Å². The van der Waals surface area contributed by atoms with Crippen molar-refractivity contribution in [1.82, 2.24) is 0 Å². The molecule has 0 unspecified atom stereocenters. The smallest absolute Gasteiger partial charge is 0.214 e. The molecule has 0 saturated carbocycles. The molecule has 0 aliphatic carbocycles. The molecule has 4 heteroatoms. The molecule has 0 spiro atoms. The van der Waals surface area contributed by atoms with Crippen LogP contribution >= 0.6 is 0 Å². The summed E-state index contributed by atoms with van der Waals surface area (Å²) >= 11 is 0. The van der Waals surface area contributed by atoms with Crippen molar-refractivity contribution in [2.24, 2.45) is 0 Å². The number of hydrogen-bond donors (Lipinski definition) is 2. The van der Waals surface area contributed by atoms with Crippen molar-refractivity contribution in [3.05, 3.63) is 23.8 Å². The van der Waals surface area contributed by atoms with E-state index in [1.54, 1.807) is 6.07 Å². The number of rotatable bonds is 5. The molecule has 0 atom stereocenters. The predicted octanol–water partition coefficient (Wildman–Crippen LogP) is 2.73. The minimum absolute atomic E-state index is 0.126. The van der Waals surface area contributed by atoms with E-state index in [0.717, 1.165) is 24.8 Å². The summed E-state index contributed by atoms with van der Waals surface area (Å²) in [6.45, 7) is 2.08. The van der Waals surface area contributed by atoms with Gasteiger partial charge in [-0.25, -0.2) is 10.5 Å². The summed E-state index contributed by atoms with van der Waals surface area (Å²) < 4.78 is 0. The van der Waals surface area contributed by atoms with Gasteiger partial charge < -0.3 is 9.78 Å². The lowest BCUT2D eigenvalue weighted by molar-refractivity contribution is -0.164. The fraction of sp³-hybridized carbons (Fsp3) is 0.400. The first-order chi connectivity index (χ1) is 6.83. The maximum atomic E-state index is 8.64. The molecule has 0 amide bonds. The normalized spacial score (nSPS) is 9.93. The molecule has 0 radical (unpaired) electrons. The molecule has 0 aromatic heterocycles. The van der Waals surface area contributed by atoms with Crippen LogP contribution in [0, 0.1) is 0 Å². The molecule has 0 aliphatic rings. The predicted molar refractivity (Wildman–Crippen MR) is 51.6 cm³/mol. The fourth-order valence-corrected chi connectivity index (χ4v) is 1.30. The van der Waals surface area contributed by atoms with Crippen LogP contribution in [-0.4, -0.2) is 10.5 Å². The molecule has 0 saturated heterocycles. The van der Waals surface area contributed by atoms with Crippen LogP contribution in [0.15, 0.2) is 18.2 Å². The van der Waals surface area contributed by atoms with Gasteiger partial charge >= 0.3 is 0 Å². The summed E-state index contributed by atoms with van der Waals surface area (Å²) in [5, 5.41) is 17.1. The molecule has 0 bridgehead atoms. The molecule has 0 heterocycles. The molecular formula is C10H14O4. The Labute approximate surface area is 82.6 Å². The molecule has 78 valence electrons. The highest BCUT2D eigenvalue weighted by Gasteiger charge is 2.11. The second-order valence-corrected chi connectivity index (χ2v) is 3.03. The van der Waals surface area contributed by atoms with Gasteiger partial charge in [0.2, 0.25) is 11.5 Å². The minimum atomic E-state index is 0.126. The SMILES string of the molecule is CCCCc1cccc(OO)c1OO. The molecule has 0 fully saturated rings. The average Bonchev–Trinajstić information content (AvgIpc) is 2.25. The van der Waals surface area contributed by atoms with Crippen molar-refractivity contribution < 1.29 is 20.3 Å². The van der Waals surface area contributed by atoms with Crippen LogP contribution in [0.1, 0.15) is 25.3 Å². The number of hydrogen-bond acceptors (Lipinski definition) is 4. The quantitative estimate of drug-likeness (QED) is 0.564. The molecule has 14 heavy (non-hydrogen) atoms. The zero-order chi connectivity index (χ0) is 10.4.